The number of ether oxygens (including phenoxy) is 1. The maximum absolute atomic E-state index is 10.3. The number of rotatable bonds is 5. The fourth-order valence-corrected chi connectivity index (χ4v) is 2.58. The smallest absolute Gasteiger partial charge is 0.124 e. The van der Waals surface area contributed by atoms with Crippen molar-refractivity contribution in [2.45, 2.75) is 13.0 Å². The van der Waals surface area contributed by atoms with Gasteiger partial charge in [-0.3, -0.25) is 0 Å². The van der Waals surface area contributed by atoms with Crippen molar-refractivity contribution in [2.24, 2.45) is 0 Å². The van der Waals surface area contributed by atoms with Crippen LogP contribution in [-0.2, 0) is 0 Å². The van der Waals surface area contributed by atoms with E-state index in [4.69, 9.17) is 4.74 Å². The molecule has 0 saturated heterocycles. The molecule has 2 N–H and O–H groups in total. The van der Waals surface area contributed by atoms with Gasteiger partial charge >= 0.3 is 0 Å². The second kappa shape index (κ2) is 6.95. The summed E-state index contributed by atoms with van der Waals surface area (Å²) in [5.41, 5.74) is 2.92. The molecule has 4 heteroatoms. The molecule has 2 rings (SSSR count). The van der Waals surface area contributed by atoms with Crippen molar-refractivity contribution >= 4 is 28.3 Å². The number of hydrogen-bond acceptors (Lipinski definition) is 3. The summed E-state index contributed by atoms with van der Waals surface area (Å²) in [7, 11) is 1.62. The van der Waals surface area contributed by atoms with E-state index in [1.807, 2.05) is 49.4 Å². The van der Waals surface area contributed by atoms with Crippen LogP contribution in [-0.4, -0.2) is 18.8 Å². The third-order valence-electron chi connectivity index (χ3n) is 3.07. The first kappa shape index (κ1) is 15.1. The molecular formula is C16H18INO2. The van der Waals surface area contributed by atoms with Crippen LogP contribution in [0.3, 0.4) is 0 Å². The van der Waals surface area contributed by atoms with Crippen molar-refractivity contribution in [3.05, 3.63) is 57.2 Å². The zero-order chi connectivity index (χ0) is 14.5. The first-order valence-electron chi connectivity index (χ1n) is 6.42. The molecule has 106 valence electrons. The number of aliphatic hydroxyl groups is 1. The molecule has 0 aliphatic rings. The van der Waals surface area contributed by atoms with E-state index in [1.165, 1.54) is 0 Å². The number of aliphatic hydroxyl groups excluding tert-OH is 1. The van der Waals surface area contributed by atoms with E-state index in [-0.39, 0.29) is 0 Å². The fraction of sp³-hybridized carbons (Fsp3) is 0.250. The lowest BCUT2D eigenvalue weighted by atomic mass is 10.1. The Morgan fingerprint density at radius 1 is 1.25 bits per heavy atom. The second-order valence-electron chi connectivity index (χ2n) is 4.65. The maximum Gasteiger partial charge on any atom is 0.124 e. The minimum absolute atomic E-state index is 0.444. The summed E-state index contributed by atoms with van der Waals surface area (Å²) in [4.78, 5) is 0. The summed E-state index contributed by atoms with van der Waals surface area (Å²) >= 11 is 2.27. The van der Waals surface area contributed by atoms with Crippen LogP contribution in [0.1, 0.15) is 17.2 Å². The number of anilines is 1. The van der Waals surface area contributed by atoms with Gasteiger partial charge < -0.3 is 15.2 Å². The lowest BCUT2D eigenvalue weighted by molar-refractivity contribution is 0.187. The van der Waals surface area contributed by atoms with Gasteiger partial charge in [0, 0.05) is 21.4 Å². The number of hydrogen-bond donors (Lipinski definition) is 2. The van der Waals surface area contributed by atoms with E-state index in [2.05, 4.69) is 27.9 Å². The van der Waals surface area contributed by atoms with Gasteiger partial charge in [-0.1, -0.05) is 17.7 Å². The van der Waals surface area contributed by atoms with Gasteiger partial charge in [-0.2, -0.15) is 0 Å². The van der Waals surface area contributed by atoms with Crippen molar-refractivity contribution in [2.75, 3.05) is 19.0 Å². The van der Waals surface area contributed by atoms with Gasteiger partial charge in [0.15, 0.2) is 0 Å². The van der Waals surface area contributed by atoms with Crippen LogP contribution in [0.15, 0.2) is 42.5 Å². The van der Waals surface area contributed by atoms with E-state index in [9.17, 15) is 5.11 Å². The third-order valence-corrected chi connectivity index (χ3v) is 3.74. The molecule has 20 heavy (non-hydrogen) atoms. The summed E-state index contributed by atoms with van der Waals surface area (Å²) in [6.07, 6.45) is -0.609. The molecule has 1 unspecified atom stereocenters. The molecule has 0 aliphatic carbocycles. The van der Waals surface area contributed by atoms with E-state index < -0.39 is 6.10 Å². The Labute approximate surface area is 133 Å². The summed E-state index contributed by atoms with van der Waals surface area (Å²) in [6.45, 7) is 2.45. The molecule has 1 atom stereocenters. The van der Waals surface area contributed by atoms with Gasteiger partial charge in [-0.05, 0) is 59.8 Å². The molecule has 3 nitrogen and oxygen atoms in total. The normalized spacial score (nSPS) is 12.0. The minimum Gasteiger partial charge on any atom is -0.496 e. The number of halogens is 1. The molecule has 0 aliphatic heterocycles. The van der Waals surface area contributed by atoms with Crippen LogP contribution >= 0.6 is 22.6 Å². The van der Waals surface area contributed by atoms with Crippen molar-refractivity contribution < 1.29 is 9.84 Å². The zero-order valence-corrected chi connectivity index (χ0v) is 13.7. The van der Waals surface area contributed by atoms with Gasteiger partial charge in [-0.15, -0.1) is 0 Å². The summed E-state index contributed by atoms with van der Waals surface area (Å²) in [6, 6.07) is 13.9. The van der Waals surface area contributed by atoms with Crippen LogP contribution in [0, 0.1) is 10.5 Å². The van der Waals surface area contributed by atoms with Crippen LogP contribution in [0.25, 0.3) is 0 Å². The Hall–Kier alpha value is -1.27. The Bertz CT molecular complexity index is 586. The summed E-state index contributed by atoms with van der Waals surface area (Å²) in [5.74, 6) is 0.715. The molecule has 0 aromatic heterocycles. The fourth-order valence-electron chi connectivity index (χ4n) is 2.04. The lowest BCUT2D eigenvalue weighted by Gasteiger charge is -2.17. The second-order valence-corrected chi connectivity index (χ2v) is 5.90. The van der Waals surface area contributed by atoms with E-state index in [0.29, 0.717) is 12.3 Å². The predicted molar refractivity (Wildman–Crippen MR) is 90.3 cm³/mol. The zero-order valence-electron chi connectivity index (χ0n) is 11.6. The molecule has 2 aromatic carbocycles. The molecule has 0 spiro atoms. The SMILES string of the molecule is COc1ccc(C)cc1C(O)CNc1cccc(I)c1. The quantitative estimate of drug-likeness (QED) is 0.773. The number of aryl methyl sites for hydroxylation is 1. The largest absolute Gasteiger partial charge is 0.496 e. The molecule has 0 fully saturated rings. The van der Waals surface area contributed by atoms with Crippen molar-refractivity contribution in [1.29, 1.82) is 0 Å². The molecule has 0 radical (unpaired) electrons. The lowest BCUT2D eigenvalue weighted by Crippen LogP contribution is -2.13. The Morgan fingerprint density at radius 2 is 2.05 bits per heavy atom. The van der Waals surface area contributed by atoms with Crippen LogP contribution < -0.4 is 10.1 Å². The minimum atomic E-state index is -0.609. The number of methoxy groups -OCH3 is 1. The average molecular weight is 383 g/mol. The topological polar surface area (TPSA) is 41.5 Å². The highest BCUT2D eigenvalue weighted by Gasteiger charge is 2.13. The number of benzene rings is 2. The molecule has 0 amide bonds. The summed E-state index contributed by atoms with van der Waals surface area (Å²) < 4.78 is 6.47. The van der Waals surface area contributed by atoms with Gasteiger partial charge in [0.1, 0.15) is 5.75 Å². The Kier molecular flexibility index (Phi) is 5.25. The van der Waals surface area contributed by atoms with Gasteiger partial charge in [-0.25, -0.2) is 0 Å². The summed E-state index contributed by atoms with van der Waals surface area (Å²) in [5, 5.41) is 13.6. The molecule has 2 aromatic rings. The van der Waals surface area contributed by atoms with Gasteiger partial charge in [0.2, 0.25) is 0 Å². The van der Waals surface area contributed by atoms with Gasteiger partial charge in [0.25, 0.3) is 0 Å². The highest BCUT2D eigenvalue weighted by Crippen LogP contribution is 2.26. The van der Waals surface area contributed by atoms with E-state index in [0.717, 1.165) is 20.4 Å². The maximum atomic E-state index is 10.3. The third kappa shape index (κ3) is 3.86. The average Bonchev–Trinajstić information content (AvgIpc) is 2.45. The molecule has 0 bridgehead atoms. The molecule has 0 heterocycles. The van der Waals surface area contributed by atoms with Gasteiger partial charge in [0.05, 0.1) is 13.2 Å². The first-order valence-corrected chi connectivity index (χ1v) is 7.50. The van der Waals surface area contributed by atoms with Crippen molar-refractivity contribution in [3.8, 4) is 5.75 Å². The monoisotopic (exact) mass is 383 g/mol. The molecule has 0 saturated carbocycles. The standard InChI is InChI=1S/C16H18INO2/c1-11-6-7-16(20-2)14(8-11)15(19)10-18-13-5-3-4-12(17)9-13/h3-9,15,18-19H,10H2,1-2H3. The van der Waals surface area contributed by atoms with Crippen LogP contribution in [0.4, 0.5) is 5.69 Å². The van der Waals surface area contributed by atoms with Crippen LogP contribution in [0.5, 0.6) is 5.75 Å². The highest BCUT2D eigenvalue weighted by molar-refractivity contribution is 14.1. The van der Waals surface area contributed by atoms with E-state index in [1.54, 1.807) is 7.11 Å². The molecular weight excluding hydrogens is 365 g/mol. The highest BCUT2D eigenvalue weighted by atomic mass is 127. The predicted octanol–water partition coefficient (Wildman–Crippen LogP) is 3.75. The number of nitrogens with one attached hydrogen (secondary N) is 1. The van der Waals surface area contributed by atoms with Crippen molar-refractivity contribution in [3.63, 3.8) is 0 Å². The van der Waals surface area contributed by atoms with E-state index >= 15 is 0 Å². The van der Waals surface area contributed by atoms with Crippen LogP contribution in [0.2, 0.25) is 0 Å². The Morgan fingerprint density at radius 3 is 2.75 bits per heavy atom. The van der Waals surface area contributed by atoms with Crippen molar-refractivity contribution in [1.82, 2.24) is 0 Å². The first-order chi connectivity index (χ1) is 9.60. The Balaban J connectivity index is 2.08.